The summed E-state index contributed by atoms with van der Waals surface area (Å²) in [4.78, 5) is 37.7. The first-order chi connectivity index (χ1) is 21.5. The number of halogens is 1. The van der Waals surface area contributed by atoms with Gasteiger partial charge in [-0.1, -0.05) is 26.8 Å². The first-order valence-electron chi connectivity index (χ1n) is 15.6. The maximum absolute atomic E-state index is 15.3. The molecule has 4 aromatic rings. The Bertz CT molecular complexity index is 1910. The number of carbonyl (C=O) groups is 1. The molecule has 234 valence electrons. The molecule has 0 unspecified atom stereocenters. The molecule has 8 nitrogen and oxygen atoms in total. The number of likely N-dealkylation sites (N-methyl/N-ethyl adjacent to an activating group) is 1. The minimum Gasteiger partial charge on any atom is -0.392 e. The summed E-state index contributed by atoms with van der Waals surface area (Å²) in [7, 11) is 1.62. The van der Waals surface area contributed by atoms with E-state index >= 15 is 4.39 Å². The molecule has 2 aliphatic heterocycles. The second-order valence-electron chi connectivity index (χ2n) is 13.3. The fourth-order valence-electron chi connectivity index (χ4n) is 7.16. The summed E-state index contributed by atoms with van der Waals surface area (Å²) in [6.45, 7) is 9.54. The number of benzene rings is 2. The number of rotatable bonds is 6. The fraction of sp³-hybridized carbons (Fsp3) is 0.400. The van der Waals surface area contributed by atoms with Crippen LogP contribution in [-0.2, 0) is 45.9 Å². The summed E-state index contributed by atoms with van der Waals surface area (Å²) in [6.07, 6.45) is 5.07. The molecule has 0 bridgehead atoms. The van der Waals surface area contributed by atoms with Gasteiger partial charge in [-0.2, -0.15) is 0 Å². The van der Waals surface area contributed by atoms with Crippen LogP contribution in [0.15, 0.2) is 41.3 Å². The molecule has 0 atom stereocenters. The van der Waals surface area contributed by atoms with E-state index in [0.717, 1.165) is 55.0 Å². The van der Waals surface area contributed by atoms with Crippen molar-refractivity contribution in [3.8, 4) is 11.3 Å². The highest BCUT2D eigenvalue weighted by Gasteiger charge is 2.38. The minimum atomic E-state index is -0.549. The van der Waals surface area contributed by atoms with Gasteiger partial charge in [0.15, 0.2) is 5.82 Å². The lowest BCUT2D eigenvalue weighted by Gasteiger charge is -2.30. The van der Waals surface area contributed by atoms with Crippen LogP contribution in [0.3, 0.4) is 0 Å². The van der Waals surface area contributed by atoms with Crippen LogP contribution in [0.25, 0.3) is 11.3 Å². The van der Waals surface area contributed by atoms with Crippen molar-refractivity contribution in [1.82, 2.24) is 14.5 Å². The van der Waals surface area contributed by atoms with Crippen molar-refractivity contribution in [3.05, 3.63) is 90.3 Å². The maximum atomic E-state index is 15.3. The van der Waals surface area contributed by atoms with Crippen LogP contribution < -0.4 is 15.8 Å². The predicted octanol–water partition coefficient (Wildman–Crippen LogP) is 5.59. The van der Waals surface area contributed by atoms with Gasteiger partial charge in [0.25, 0.3) is 11.5 Å². The van der Waals surface area contributed by atoms with Crippen LogP contribution in [0, 0.1) is 11.2 Å². The van der Waals surface area contributed by atoms with E-state index in [1.165, 1.54) is 38.3 Å². The van der Waals surface area contributed by atoms with E-state index in [9.17, 15) is 14.7 Å². The van der Waals surface area contributed by atoms with E-state index in [-0.39, 0.29) is 22.7 Å². The van der Waals surface area contributed by atoms with Crippen molar-refractivity contribution in [2.75, 3.05) is 29.9 Å². The predicted molar refractivity (Wildman–Crippen MR) is 176 cm³/mol. The molecule has 4 heterocycles. The Balaban J connectivity index is 1.23. The number of carbonyl (C=O) groups excluding carboxylic acids is 1. The van der Waals surface area contributed by atoms with Crippen LogP contribution in [0.2, 0.25) is 0 Å². The van der Waals surface area contributed by atoms with Gasteiger partial charge in [-0.3, -0.25) is 14.5 Å². The molecule has 2 aromatic heterocycles. The largest absolute Gasteiger partial charge is 0.392 e. The van der Waals surface area contributed by atoms with Crippen molar-refractivity contribution < 1.29 is 14.3 Å². The first-order valence-corrected chi connectivity index (χ1v) is 16.4. The third kappa shape index (κ3) is 5.28. The van der Waals surface area contributed by atoms with E-state index in [2.05, 4.69) is 48.1 Å². The smallest absolute Gasteiger partial charge is 0.293 e. The van der Waals surface area contributed by atoms with Crippen LogP contribution in [0.4, 0.5) is 21.6 Å². The molecule has 3 aliphatic rings. The van der Waals surface area contributed by atoms with Crippen LogP contribution in [0.5, 0.6) is 0 Å². The molecule has 7 rings (SSSR count). The average molecular weight is 628 g/mol. The van der Waals surface area contributed by atoms with Gasteiger partial charge in [0.2, 0.25) is 0 Å². The summed E-state index contributed by atoms with van der Waals surface area (Å²) >= 11 is 1.56. The number of aliphatic hydroxyl groups is 1. The molecule has 0 radical (unpaired) electrons. The average Bonchev–Trinajstić information content (AvgIpc) is 3.51. The van der Waals surface area contributed by atoms with Gasteiger partial charge in [-0.15, -0.1) is 11.3 Å². The summed E-state index contributed by atoms with van der Waals surface area (Å²) in [5, 5.41) is 13.8. The summed E-state index contributed by atoms with van der Waals surface area (Å²) in [6, 6.07) is 8.72. The van der Waals surface area contributed by atoms with Crippen LogP contribution in [-0.4, -0.2) is 45.1 Å². The number of hydrogen-bond donors (Lipinski definition) is 2. The summed E-state index contributed by atoms with van der Waals surface area (Å²) in [5.41, 5.74) is 6.97. The molecule has 2 aromatic carbocycles. The van der Waals surface area contributed by atoms with Crippen molar-refractivity contribution in [2.45, 2.75) is 59.6 Å². The molecule has 0 saturated carbocycles. The van der Waals surface area contributed by atoms with Gasteiger partial charge in [-0.05, 0) is 84.2 Å². The normalized spacial score (nSPS) is 17.3. The van der Waals surface area contributed by atoms with Crippen LogP contribution in [0.1, 0.15) is 63.1 Å². The first kappa shape index (κ1) is 29.8. The Morgan fingerprint density at radius 3 is 2.67 bits per heavy atom. The number of aliphatic hydroxyl groups excluding tert-OH is 1. The van der Waals surface area contributed by atoms with E-state index in [0.29, 0.717) is 35.5 Å². The lowest BCUT2D eigenvalue weighted by molar-refractivity contribution is 0.0984. The molecule has 2 N–H and O–H groups in total. The highest BCUT2D eigenvalue weighted by molar-refractivity contribution is 7.14. The monoisotopic (exact) mass is 627 g/mol. The zero-order valence-electron chi connectivity index (χ0n) is 26.2. The van der Waals surface area contributed by atoms with Gasteiger partial charge in [0, 0.05) is 54.6 Å². The van der Waals surface area contributed by atoms with Crippen molar-refractivity contribution in [1.29, 1.82) is 0 Å². The van der Waals surface area contributed by atoms with Crippen molar-refractivity contribution >= 4 is 34.4 Å². The molecule has 1 amide bonds. The molecule has 0 saturated heterocycles. The number of aryl methyl sites for hydroxylation is 1. The quantitative estimate of drug-likeness (QED) is 0.290. The number of hydrogen-bond acceptors (Lipinski definition) is 7. The molecular formula is C35H38FN5O3S. The number of fused-ring (bicyclic) bond motifs is 4. The molecular weight excluding hydrogens is 589 g/mol. The van der Waals surface area contributed by atoms with E-state index < -0.39 is 12.4 Å². The van der Waals surface area contributed by atoms with E-state index in [1.807, 2.05) is 6.07 Å². The molecule has 45 heavy (non-hydrogen) atoms. The minimum absolute atomic E-state index is 0.102. The Labute approximate surface area is 266 Å². The lowest BCUT2D eigenvalue weighted by atomic mass is 9.89. The van der Waals surface area contributed by atoms with Crippen molar-refractivity contribution in [3.63, 3.8) is 0 Å². The second kappa shape index (κ2) is 11.2. The Morgan fingerprint density at radius 1 is 1.07 bits per heavy atom. The molecule has 0 spiro atoms. The van der Waals surface area contributed by atoms with Crippen LogP contribution >= 0.6 is 11.3 Å². The zero-order chi connectivity index (χ0) is 31.6. The lowest BCUT2D eigenvalue weighted by Crippen LogP contribution is -2.38. The van der Waals surface area contributed by atoms with Gasteiger partial charge in [-0.25, -0.2) is 9.37 Å². The number of thiophene rings is 1. The van der Waals surface area contributed by atoms with Gasteiger partial charge < -0.3 is 19.9 Å². The standard InChI is InChI=1S/C35H38FN5O3S/c1-5-40-10-8-20-12-23(7-6-21(20)17-40)37-32-34(44)39(4)18-28(38-32)25-13-22(36)14-29(27(25)19-42)41-11-9-24-26-15-35(2,3)16-30(26)45-31(24)33(41)43/h6-7,12-14,18,42H,5,8-11,15-17,19H2,1-4H3,(H,37,38). The second-order valence-corrected chi connectivity index (χ2v) is 14.4. The third-order valence-corrected chi connectivity index (χ3v) is 10.8. The molecule has 1 aliphatic carbocycles. The number of anilines is 3. The highest BCUT2D eigenvalue weighted by Crippen LogP contribution is 2.46. The van der Waals surface area contributed by atoms with Gasteiger partial charge >= 0.3 is 0 Å². The Hall–Kier alpha value is -3.86. The number of aromatic nitrogens is 2. The maximum Gasteiger partial charge on any atom is 0.293 e. The van der Waals surface area contributed by atoms with E-state index in [4.69, 9.17) is 0 Å². The van der Waals surface area contributed by atoms with Gasteiger partial charge in [0.1, 0.15) is 5.82 Å². The number of amides is 1. The summed E-state index contributed by atoms with van der Waals surface area (Å²) in [5.74, 6) is -0.609. The molecule has 0 fully saturated rings. The zero-order valence-corrected chi connectivity index (χ0v) is 27.0. The molecule has 10 heteroatoms. The van der Waals surface area contributed by atoms with Crippen molar-refractivity contribution in [2.24, 2.45) is 12.5 Å². The topological polar surface area (TPSA) is 90.7 Å². The SMILES string of the molecule is CCN1CCc2cc(Nc3nc(-c4cc(F)cc(N5CCc6c(sc7c6CC(C)(C)C7)C5=O)c4CO)cn(C)c3=O)ccc2C1. The Morgan fingerprint density at radius 2 is 1.89 bits per heavy atom. The third-order valence-electron chi connectivity index (χ3n) is 9.51. The fourth-order valence-corrected chi connectivity index (χ4v) is 8.74. The van der Waals surface area contributed by atoms with E-state index in [1.54, 1.807) is 29.5 Å². The number of nitrogens with zero attached hydrogens (tertiary/aromatic N) is 4. The van der Waals surface area contributed by atoms with Gasteiger partial charge in [0.05, 0.1) is 22.9 Å². The highest BCUT2D eigenvalue weighted by atomic mass is 32.1. The number of nitrogens with one attached hydrogen (secondary N) is 1. The summed E-state index contributed by atoms with van der Waals surface area (Å²) < 4.78 is 16.7. The Kier molecular flexibility index (Phi) is 7.42.